The molecule has 1 heterocycles. The van der Waals surface area contributed by atoms with Crippen molar-refractivity contribution in [3.8, 4) is 5.75 Å². The fourth-order valence-corrected chi connectivity index (χ4v) is 1.36. The van der Waals surface area contributed by atoms with E-state index in [1.165, 1.54) is 7.11 Å². The molecule has 0 bridgehead atoms. The number of fused-ring (bicyclic) bond motifs is 1. The summed E-state index contributed by atoms with van der Waals surface area (Å²) in [4.78, 5) is 14.2. The maximum absolute atomic E-state index is 11.2. The van der Waals surface area contributed by atoms with Crippen molar-refractivity contribution in [1.82, 2.24) is 0 Å². The van der Waals surface area contributed by atoms with Crippen LogP contribution >= 0.6 is 0 Å². The molecule has 1 aliphatic rings. The van der Waals surface area contributed by atoms with Gasteiger partial charge in [0.2, 0.25) is 0 Å². The van der Waals surface area contributed by atoms with Crippen molar-refractivity contribution in [3.05, 3.63) is 29.3 Å². The molecular weight excluding hydrogens is 182 g/mol. The third-order valence-electron chi connectivity index (χ3n) is 2.05. The molecule has 0 radical (unpaired) electrons. The highest BCUT2D eigenvalue weighted by molar-refractivity contribution is 6.51. The molecule has 0 aromatic heterocycles. The van der Waals surface area contributed by atoms with Crippen LogP contribution in [0.5, 0.6) is 5.75 Å². The van der Waals surface area contributed by atoms with Gasteiger partial charge in [0.1, 0.15) is 5.75 Å². The number of methoxy groups -OCH3 is 1. The average Bonchev–Trinajstić information content (AvgIpc) is 2.52. The lowest BCUT2D eigenvalue weighted by atomic mass is 10.1. The van der Waals surface area contributed by atoms with Crippen LogP contribution in [0.3, 0.4) is 0 Å². The number of benzene rings is 1. The summed E-state index contributed by atoms with van der Waals surface area (Å²) in [6.07, 6.45) is 0. The minimum atomic E-state index is -0.407. The van der Waals surface area contributed by atoms with Gasteiger partial charge >= 0.3 is 11.6 Å². The van der Waals surface area contributed by atoms with E-state index < -0.39 is 5.91 Å². The summed E-state index contributed by atoms with van der Waals surface area (Å²) in [7, 11) is 1.53. The van der Waals surface area contributed by atoms with Gasteiger partial charge in [-0.15, -0.1) is 0 Å². The summed E-state index contributed by atoms with van der Waals surface area (Å²) in [5, 5.41) is 2.56. The maximum atomic E-state index is 11.2. The van der Waals surface area contributed by atoms with Gasteiger partial charge in [0.05, 0.1) is 18.4 Å². The lowest BCUT2D eigenvalue weighted by Crippen LogP contribution is -2.14. The SMILES string of the molecule is COc1ccc2c(c1)C(=[N+]=[N-])C(=O)N2. The number of carbonyl (C=O) groups excluding carboxylic acids is 1. The highest BCUT2D eigenvalue weighted by Crippen LogP contribution is 2.26. The summed E-state index contributed by atoms with van der Waals surface area (Å²) in [5.41, 5.74) is 9.83. The summed E-state index contributed by atoms with van der Waals surface area (Å²) in [6, 6.07) is 5.06. The standard InChI is InChI=1S/C9H7N3O2/c1-14-5-2-3-7-6(4-5)8(12-10)9(13)11-7/h2-4H,1H3,(H,11,13). The van der Waals surface area contributed by atoms with Gasteiger partial charge in [-0.2, -0.15) is 4.79 Å². The van der Waals surface area contributed by atoms with Crippen LogP contribution in [0, 0.1) is 0 Å². The third-order valence-corrected chi connectivity index (χ3v) is 2.05. The molecule has 0 aliphatic carbocycles. The molecule has 0 fully saturated rings. The van der Waals surface area contributed by atoms with E-state index in [0.717, 1.165) is 0 Å². The number of rotatable bonds is 1. The Morgan fingerprint density at radius 2 is 2.29 bits per heavy atom. The van der Waals surface area contributed by atoms with Crippen LogP contribution < -0.4 is 10.1 Å². The zero-order valence-corrected chi connectivity index (χ0v) is 7.44. The molecule has 14 heavy (non-hydrogen) atoms. The minimum Gasteiger partial charge on any atom is -0.497 e. The Morgan fingerprint density at radius 3 is 2.93 bits per heavy atom. The molecule has 0 atom stereocenters. The van der Waals surface area contributed by atoms with E-state index >= 15 is 0 Å². The van der Waals surface area contributed by atoms with Crippen LogP contribution in [0.25, 0.3) is 5.53 Å². The lowest BCUT2D eigenvalue weighted by Gasteiger charge is -1.99. The molecule has 0 spiro atoms. The average molecular weight is 189 g/mol. The van der Waals surface area contributed by atoms with E-state index in [-0.39, 0.29) is 5.71 Å². The first kappa shape index (κ1) is 8.47. The largest absolute Gasteiger partial charge is 0.497 e. The smallest absolute Gasteiger partial charge is 0.388 e. The number of carbonyl (C=O) groups is 1. The van der Waals surface area contributed by atoms with Crippen molar-refractivity contribution in [2.24, 2.45) is 0 Å². The van der Waals surface area contributed by atoms with Gasteiger partial charge in [-0.05, 0) is 18.2 Å². The highest BCUT2D eigenvalue weighted by atomic mass is 16.5. The number of hydrogen-bond donors (Lipinski definition) is 1. The molecule has 0 saturated carbocycles. The van der Waals surface area contributed by atoms with E-state index in [1.807, 2.05) is 0 Å². The van der Waals surface area contributed by atoms with Gasteiger partial charge in [-0.25, -0.2) is 0 Å². The van der Waals surface area contributed by atoms with Crippen LogP contribution in [0.1, 0.15) is 5.56 Å². The normalized spacial score (nSPS) is 13.2. The molecule has 0 saturated heterocycles. The number of anilines is 1. The van der Waals surface area contributed by atoms with Gasteiger partial charge in [-0.3, -0.25) is 4.79 Å². The van der Waals surface area contributed by atoms with Crippen molar-refractivity contribution in [3.63, 3.8) is 0 Å². The van der Waals surface area contributed by atoms with Crippen molar-refractivity contribution in [2.75, 3.05) is 12.4 Å². The molecule has 5 heteroatoms. The summed E-state index contributed by atoms with van der Waals surface area (Å²) < 4.78 is 4.99. The zero-order chi connectivity index (χ0) is 10.1. The molecule has 1 aliphatic heterocycles. The van der Waals surface area contributed by atoms with Crippen molar-refractivity contribution >= 4 is 17.3 Å². The van der Waals surface area contributed by atoms with Crippen LogP contribution in [-0.4, -0.2) is 23.5 Å². The van der Waals surface area contributed by atoms with E-state index in [9.17, 15) is 4.79 Å². The van der Waals surface area contributed by atoms with E-state index in [0.29, 0.717) is 17.0 Å². The predicted molar refractivity (Wildman–Crippen MR) is 49.4 cm³/mol. The first-order valence-electron chi connectivity index (χ1n) is 3.98. The highest BCUT2D eigenvalue weighted by Gasteiger charge is 2.33. The molecule has 5 nitrogen and oxygen atoms in total. The van der Waals surface area contributed by atoms with Gasteiger partial charge in [0.25, 0.3) is 0 Å². The quantitative estimate of drug-likeness (QED) is 0.520. The van der Waals surface area contributed by atoms with Gasteiger partial charge in [0.15, 0.2) is 0 Å². The molecule has 2 rings (SSSR count). The number of hydrogen-bond acceptors (Lipinski definition) is 2. The van der Waals surface area contributed by atoms with Crippen molar-refractivity contribution < 1.29 is 14.3 Å². The number of amides is 1. The van der Waals surface area contributed by atoms with Crippen LogP contribution in [0.4, 0.5) is 5.69 Å². The van der Waals surface area contributed by atoms with Crippen LogP contribution in [0.15, 0.2) is 18.2 Å². The molecular formula is C9H7N3O2. The summed E-state index contributed by atoms with van der Waals surface area (Å²) >= 11 is 0. The van der Waals surface area contributed by atoms with Gasteiger partial charge in [0, 0.05) is 0 Å². The number of ether oxygens (including phenoxy) is 1. The Labute approximate surface area is 79.9 Å². The first-order chi connectivity index (χ1) is 6.76. The third kappa shape index (κ3) is 1.08. The fraction of sp³-hybridized carbons (Fsp3) is 0.111. The van der Waals surface area contributed by atoms with Crippen LogP contribution in [0.2, 0.25) is 0 Å². The Balaban J connectivity index is 2.61. The topological polar surface area (TPSA) is 74.7 Å². The van der Waals surface area contributed by atoms with Crippen molar-refractivity contribution in [2.45, 2.75) is 0 Å². The second-order valence-corrected chi connectivity index (χ2v) is 2.81. The Morgan fingerprint density at radius 1 is 1.50 bits per heavy atom. The number of nitrogens with zero attached hydrogens (tertiary/aromatic N) is 2. The Hall–Kier alpha value is -2.13. The van der Waals surface area contributed by atoms with Gasteiger partial charge in [-0.1, -0.05) is 0 Å². The lowest BCUT2D eigenvalue weighted by molar-refractivity contribution is -0.114. The molecule has 1 aromatic rings. The molecule has 70 valence electrons. The van der Waals surface area contributed by atoms with E-state index in [4.69, 9.17) is 10.3 Å². The van der Waals surface area contributed by atoms with E-state index in [1.54, 1.807) is 18.2 Å². The fourth-order valence-electron chi connectivity index (χ4n) is 1.36. The minimum absolute atomic E-state index is 0.0129. The van der Waals surface area contributed by atoms with Crippen LogP contribution in [-0.2, 0) is 4.79 Å². The van der Waals surface area contributed by atoms with Crippen molar-refractivity contribution in [1.29, 1.82) is 0 Å². The first-order valence-corrected chi connectivity index (χ1v) is 3.98. The summed E-state index contributed by atoms with van der Waals surface area (Å²) in [6.45, 7) is 0. The predicted octanol–water partition coefficient (Wildman–Crippen LogP) is 0.666. The molecule has 1 amide bonds. The monoisotopic (exact) mass is 189 g/mol. The zero-order valence-electron chi connectivity index (χ0n) is 7.44. The molecule has 1 aromatic carbocycles. The maximum Gasteiger partial charge on any atom is 0.388 e. The summed E-state index contributed by atoms with van der Waals surface area (Å²) in [5.74, 6) is 0.206. The molecule has 0 unspecified atom stereocenters. The second-order valence-electron chi connectivity index (χ2n) is 2.81. The Bertz CT molecular complexity index is 461. The number of nitrogens with one attached hydrogen (secondary N) is 1. The van der Waals surface area contributed by atoms with E-state index in [2.05, 4.69) is 10.1 Å². The second kappa shape index (κ2) is 2.97. The Kier molecular flexibility index (Phi) is 1.80. The van der Waals surface area contributed by atoms with Gasteiger partial charge < -0.3 is 15.6 Å². The molecule has 1 N–H and O–H groups in total.